The highest BCUT2D eigenvalue weighted by Gasteiger charge is 2.62. The Balaban J connectivity index is 1.12. The molecule has 0 aromatic heterocycles. The van der Waals surface area contributed by atoms with Gasteiger partial charge in [0.2, 0.25) is 0 Å². The first kappa shape index (κ1) is 41.1. The highest BCUT2D eigenvalue weighted by Crippen LogP contribution is 2.63. The summed E-state index contributed by atoms with van der Waals surface area (Å²) in [5.41, 5.74) is 10.1. The first-order chi connectivity index (χ1) is 29.4. The third-order valence-electron chi connectivity index (χ3n) is 17.2. The molecule has 1 spiro atoms. The van der Waals surface area contributed by atoms with Crippen LogP contribution < -0.4 is 4.90 Å². The summed E-state index contributed by atoms with van der Waals surface area (Å²) in [4.78, 5) is 9.14. The zero-order valence-electron chi connectivity index (χ0n) is 37.5. The van der Waals surface area contributed by atoms with Gasteiger partial charge in [-0.25, -0.2) is 0 Å². The van der Waals surface area contributed by atoms with Crippen molar-refractivity contribution in [1.82, 2.24) is 9.80 Å². The van der Waals surface area contributed by atoms with Crippen LogP contribution >= 0.6 is 11.8 Å². The van der Waals surface area contributed by atoms with Crippen LogP contribution in [0.1, 0.15) is 161 Å². The van der Waals surface area contributed by atoms with E-state index in [4.69, 9.17) is 0 Å². The molecule has 0 radical (unpaired) electrons. The van der Waals surface area contributed by atoms with Gasteiger partial charge in [0.25, 0.3) is 0 Å². The van der Waals surface area contributed by atoms with E-state index < -0.39 is 0 Å². The lowest BCUT2D eigenvalue weighted by Crippen LogP contribution is -2.58. The molecule has 7 unspecified atom stereocenters. The van der Waals surface area contributed by atoms with E-state index in [9.17, 15) is 0 Å². The summed E-state index contributed by atoms with van der Waals surface area (Å²) < 4.78 is 0. The van der Waals surface area contributed by atoms with Gasteiger partial charge in [0, 0.05) is 75.5 Å². The Morgan fingerprint density at radius 1 is 0.767 bits per heavy atom. The van der Waals surface area contributed by atoms with Gasteiger partial charge in [0.15, 0.2) is 0 Å². The van der Waals surface area contributed by atoms with E-state index in [2.05, 4.69) is 144 Å². The molecule has 0 amide bonds. The normalized spacial score (nSPS) is 33.9. The van der Waals surface area contributed by atoms with Crippen molar-refractivity contribution in [1.29, 1.82) is 0 Å². The van der Waals surface area contributed by atoms with Crippen molar-refractivity contribution in [3.8, 4) is 0 Å². The van der Waals surface area contributed by atoms with Crippen molar-refractivity contribution in [2.75, 3.05) is 10.7 Å². The standard InChI is InChI=1S/C56H75N3S/c1-41-35-50(40-60-41)58(53-30-18-17-29-51(53)43-23-11-5-12-24-43)48-37-47(57(45-25-13-6-14-26-45)46-27-15-7-16-28-46)38-49(39-48)59-54-32-31-44(42-21-9-4-10-22-42)36-52(54)56(55(59,2)3)33-19-8-20-34-56/h5-6,11-14,17-18,23,25,27,29-31,36,39,41-43,45,47,49-50,54H,4,7-10,15-16,19-22,24,26,28,32-35,37-38,40H2,1-3H3. The Morgan fingerprint density at radius 2 is 1.57 bits per heavy atom. The Kier molecular flexibility index (Phi) is 12.1. The molecular formula is C56H75N3S. The van der Waals surface area contributed by atoms with E-state index in [0.29, 0.717) is 41.4 Å². The number of hydrogen-bond donors (Lipinski definition) is 0. The minimum absolute atomic E-state index is 0.0794. The third kappa shape index (κ3) is 7.64. The summed E-state index contributed by atoms with van der Waals surface area (Å²) in [6, 6.07) is 11.8. The first-order valence-corrected chi connectivity index (χ1v) is 26.0. The number of nitrogens with zero attached hydrogens (tertiary/aromatic N) is 3. The highest BCUT2D eigenvalue weighted by atomic mass is 32.2. The van der Waals surface area contributed by atoms with Crippen LogP contribution in [0.2, 0.25) is 0 Å². The molecule has 7 atom stereocenters. The topological polar surface area (TPSA) is 9.72 Å². The summed E-state index contributed by atoms with van der Waals surface area (Å²) in [5, 5.41) is 0.685. The van der Waals surface area contributed by atoms with Gasteiger partial charge in [-0.2, -0.15) is 11.8 Å². The van der Waals surface area contributed by atoms with Crippen molar-refractivity contribution in [3.63, 3.8) is 0 Å². The maximum Gasteiger partial charge on any atom is 0.0510 e. The monoisotopic (exact) mass is 822 g/mol. The first-order valence-electron chi connectivity index (χ1n) is 25.0. The summed E-state index contributed by atoms with van der Waals surface area (Å²) in [5.74, 6) is 2.40. The van der Waals surface area contributed by atoms with Gasteiger partial charge in [-0.05, 0) is 132 Å². The molecule has 4 heteroatoms. The number of fused-ring (bicyclic) bond motifs is 2. The van der Waals surface area contributed by atoms with Gasteiger partial charge >= 0.3 is 0 Å². The van der Waals surface area contributed by atoms with Crippen LogP contribution in [0.3, 0.4) is 0 Å². The molecule has 10 rings (SSSR count). The quantitative estimate of drug-likeness (QED) is 0.245. The number of rotatable bonds is 9. The fourth-order valence-corrected chi connectivity index (χ4v) is 15.5. The van der Waals surface area contributed by atoms with Crippen LogP contribution in [0.15, 0.2) is 120 Å². The number of thioether (sulfide) groups is 1. The molecule has 9 aliphatic rings. The number of anilines is 1. The molecule has 320 valence electrons. The lowest BCUT2D eigenvalue weighted by molar-refractivity contribution is 0.00396. The van der Waals surface area contributed by atoms with Crippen molar-refractivity contribution in [3.05, 3.63) is 125 Å². The maximum atomic E-state index is 3.18. The molecule has 1 aromatic rings. The Hall–Kier alpha value is -2.95. The molecule has 60 heavy (non-hydrogen) atoms. The van der Waals surface area contributed by atoms with Gasteiger partial charge in [0.1, 0.15) is 0 Å². The van der Waals surface area contributed by atoms with E-state index in [0.717, 1.165) is 25.2 Å². The van der Waals surface area contributed by atoms with Gasteiger partial charge in [-0.3, -0.25) is 4.90 Å². The fourth-order valence-electron chi connectivity index (χ4n) is 14.3. The Bertz CT molecular complexity index is 1960. The molecule has 0 N–H and O–H groups in total. The second-order valence-electron chi connectivity index (χ2n) is 20.9. The van der Waals surface area contributed by atoms with Crippen molar-refractivity contribution >= 4 is 17.4 Å². The van der Waals surface area contributed by atoms with Crippen molar-refractivity contribution in [2.45, 2.75) is 196 Å². The van der Waals surface area contributed by atoms with Crippen LogP contribution in [0.5, 0.6) is 0 Å². The average molecular weight is 822 g/mol. The third-order valence-corrected chi connectivity index (χ3v) is 18.5. The molecule has 2 aliphatic heterocycles. The summed E-state index contributed by atoms with van der Waals surface area (Å²) >= 11 is 2.20. The Labute approximate surface area is 369 Å². The van der Waals surface area contributed by atoms with Crippen LogP contribution in [-0.4, -0.2) is 56.6 Å². The lowest BCUT2D eigenvalue weighted by atomic mass is 9.59. The molecule has 2 saturated heterocycles. The summed E-state index contributed by atoms with van der Waals surface area (Å²) in [6.07, 6.45) is 56.2. The number of allylic oxidation sites excluding steroid dienone is 10. The molecule has 1 aromatic carbocycles. The van der Waals surface area contributed by atoms with Crippen molar-refractivity contribution < 1.29 is 0 Å². The molecule has 0 bridgehead atoms. The molecule has 7 aliphatic carbocycles. The minimum Gasteiger partial charge on any atom is -0.365 e. The highest BCUT2D eigenvalue weighted by molar-refractivity contribution is 8.00. The second-order valence-corrected chi connectivity index (χ2v) is 22.4. The predicted molar refractivity (Wildman–Crippen MR) is 257 cm³/mol. The maximum absolute atomic E-state index is 3.18. The zero-order valence-corrected chi connectivity index (χ0v) is 38.3. The van der Waals surface area contributed by atoms with Gasteiger partial charge < -0.3 is 9.80 Å². The second kappa shape index (κ2) is 17.7. The molecule has 4 fully saturated rings. The van der Waals surface area contributed by atoms with E-state index in [1.807, 2.05) is 5.57 Å². The lowest BCUT2D eigenvalue weighted by Gasteiger charge is -2.53. The number of benzene rings is 1. The largest absolute Gasteiger partial charge is 0.365 e. The zero-order chi connectivity index (χ0) is 40.7. The van der Waals surface area contributed by atoms with Crippen LogP contribution in [0.25, 0.3) is 0 Å². The fraction of sp³-hybridized carbons (Fsp3) is 0.607. The smallest absolute Gasteiger partial charge is 0.0510 e. The van der Waals surface area contributed by atoms with Crippen LogP contribution in [0.4, 0.5) is 5.69 Å². The summed E-state index contributed by atoms with van der Waals surface area (Å²) in [7, 11) is 0. The SMILES string of the molecule is CC1CC(N(C2=CC(N3C4CC=C(C5CCCCC5)C=C4C4(CCCCC4)C3(C)C)CC(N(C3=CCCCC3)C3C=CC=CC3)C2)c2ccccc2C2C=CC=CC2)CS1. The van der Waals surface area contributed by atoms with E-state index in [1.54, 1.807) is 17.0 Å². The van der Waals surface area contributed by atoms with Crippen molar-refractivity contribution in [2.24, 2.45) is 11.3 Å². The molecule has 2 heterocycles. The molecule has 3 nitrogen and oxygen atoms in total. The van der Waals surface area contributed by atoms with Crippen LogP contribution in [0, 0.1) is 11.3 Å². The van der Waals surface area contributed by atoms with Gasteiger partial charge in [-0.15, -0.1) is 0 Å². The number of hydrogen-bond acceptors (Lipinski definition) is 4. The van der Waals surface area contributed by atoms with Gasteiger partial charge in [-0.1, -0.05) is 130 Å². The number of para-hydroxylation sites is 1. The average Bonchev–Trinajstić information content (AvgIpc) is 3.80. The van der Waals surface area contributed by atoms with E-state index in [-0.39, 0.29) is 11.0 Å². The van der Waals surface area contributed by atoms with E-state index >= 15 is 0 Å². The number of likely N-dealkylation sites (tertiary alicyclic amines) is 1. The molecule has 2 saturated carbocycles. The predicted octanol–water partition coefficient (Wildman–Crippen LogP) is 14.3. The van der Waals surface area contributed by atoms with E-state index in [1.165, 1.54) is 126 Å². The molecular weight excluding hydrogens is 747 g/mol. The van der Waals surface area contributed by atoms with Crippen LogP contribution in [-0.2, 0) is 0 Å². The summed E-state index contributed by atoms with van der Waals surface area (Å²) in [6.45, 7) is 7.92. The Morgan fingerprint density at radius 3 is 2.30 bits per heavy atom. The van der Waals surface area contributed by atoms with Gasteiger partial charge in [0.05, 0.1) is 6.04 Å². The minimum atomic E-state index is 0.0794.